The summed E-state index contributed by atoms with van der Waals surface area (Å²) >= 11 is 0. The maximum atomic E-state index is 11.7. The molecule has 5 heteroatoms. The Labute approximate surface area is 81.7 Å². The zero-order chi connectivity index (χ0) is 9.97. The van der Waals surface area contributed by atoms with Crippen molar-refractivity contribution >= 4 is 11.6 Å². The zero-order valence-corrected chi connectivity index (χ0v) is 8.24. The Bertz CT molecular complexity index is 388. The predicted octanol–water partition coefficient (Wildman–Crippen LogP) is 0.518. The molecule has 1 saturated heterocycles. The first-order valence-corrected chi connectivity index (χ1v) is 4.86. The molecule has 0 radical (unpaired) electrons. The minimum Gasteiger partial charge on any atom is -0.352 e. The average molecular weight is 192 g/mol. The van der Waals surface area contributed by atoms with Crippen LogP contribution in [0.4, 0.5) is 0 Å². The van der Waals surface area contributed by atoms with Crippen LogP contribution in [-0.4, -0.2) is 29.4 Å². The lowest BCUT2D eigenvalue weighted by Crippen LogP contribution is -2.53. The highest BCUT2D eigenvalue weighted by Crippen LogP contribution is 2.46. The van der Waals surface area contributed by atoms with E-state index in [1.165, 1.54) is 0 Å². The number of azo groups is 1. The van der Waals surface area contributed by atoms with Crippen LogP contribution >= 0.6 is 0 Å². The highest BCUT2D eigenvalue weighted by atomic mass is 16.2. The van der Waals surface area contributed by atoms with E-state index >= 15 is 0 Å². The predicted molar refractivity (Wildman–Crippen MR) is 50.2 cm³/mol. The molecule has 2 bridgehead atoms. The molecule has 5 nitrogen and oxygen atoms in total. The molecule has 0 aromatic carbocycles. The third-order valence-electron chi connectivity index (χ3n) is 3.60. The topological polar surface area (TPSA) is 66.2 Å². The molecule has 1 amide bonds. The summed E-state index contributed by atoms with van der Waals surface area (Å²) in [6, 6.07) is 0. The number of amides is 1. The van der Waals surface area contributed by atoms with Crippen molar-refractivity contribution in [3.8, 4) is 0 Å². The van der Waals surface area contributed by atoms with Crippen molar-refractivity contribution in [3.63, 3.8) is 0 Å². The summed E-state index contributed by atoms with van der Waals surface area (Å²) in [7, 11) is 0. The van der Waals surface area contributed by atoms with E-state index in [0.29, 0.717) is 6.54 Å². The van der Waals surface area contributed by atoms with Gasteiger partial charge < -0.3 is 5.32 Å². The van der Waals surface area contributed by atoms with Crippen molar-refractivity contribution in [2.24, 2.45) is 21.1 Å². The Morgan fingerprint density at radius 1 is 1.50 bits per heavy atom. The first kappa shape index (κ1) is 8.08. The van der Waals surface area contributed by atoms with Gasteiger partial charge in [-0.1, -0.05) is 0 Å². The van der Waals surface area contributed by atoms with Gasteiger partial charge in [0.2, 0.25) is 0 Å². The standard InChI is InChI=1S/C9H12N4O/c1-5-8(2)3-6-4-10-7(14)9(6,11-5)13-12-8/h6H,3-4H2,1-2H3,(H,10,14)/t6-,8+,9+/m1/s1. The summed E-state index contributed by atoms with van der Waals surface area (Å²) in [4.78, 5) is 16.1. The van der Waals surface area contributed by atoms with E-state index in [4.69, 9.17) is 0 Å². The van der Waals surface area contributed by atoms with Gasteiger partial charge in [-0.3, -0.25) is 9.79 Å². The van der Waals surface area contributed by atoms with E-state index < -0.39 is 5.66 Å². The van der Waals surface area contributed by atoms with Crippen LogP contribution in [0.3, 0.4) is 0 Å². The van der Waals surface area contributed by atoms with Crippen LogP contribution in [-0.2, 0) is 4.79 Å². The minimum absolute atomic E-state index is 0.0904. The Kier molecular flexibility index (Phi) is 1.18. The van der Waals surface area contributed by atoms with Crippen molar-refractivity contribution < 1.29 is 4.79 Å². The first-order chi connectivity index (χ1) is 6.57. The number of rotatable bonds is 0. The molecule has 74 valence electrons. The van der Waals surface area contributed by atoms with E-state index in [0.717, 1.165) is 12.1 Å². The number of carbonyl (C=O) groups excluding carboxylic acids is 1. The fraction of sp³-hybridized carbons (Fsp3) is 0.778. The number of hydrogen-bond acceptors (Lipinski definition) is 4. The smallest absolute Gasteiger partial charge is 0.272 e. The SMILES string of the molecule is CC1=N[C@]23N=N[C@@]1(C)C[C@@H]2CNC3=O. The number of hydrogen-bond donors (Lipinski definition) is 1. The normalized spacial score (nSPS) is 48.9. The average Bonchev–Trinajstić information content (AvgIpc) is 2.45. The lowest BCUT2D eigenvalue weighted by Gasteiger charge is -2.42. The number of aliphatic imine (C=N–C) groups is 1. The summed E-state index contributed by atoms with van der Waals surface area (Å²) in [5.41, 5.74) is -0.235. The highest BCUT2D eigenvalue weighted by Gasteiger charge is 2.60. The van der Waals surface area contributed by atoms with Crippen molar-refractivity contribution in [2.75, 3.05) is 6.54 Å². The van der Waals surface area contributed by atoms with Crippen molar-refractivity contribution in [3.05, 3.63) is 0 Å². The summed E-state index contributed by atoms with van der Waals surface area (Å²) in [6.45, 7) is 4.65. The summed E-state index contributed by atoms with van der Waals surface area (Å²) in [5.74, 6) is 0.105. The van der Waals surface area contributed by atoms with Crippen molar-refractivity contribution in [1.82, 2.24) is 5.32 Å². The molecule has 4 rings (SSSR count). The van der Waals surface area contributed by atoms with Crippen LogP contribution in [0.5, 0.6) is 0 Å². The molecule has 4 heterocycles. The summed E-state index contributed by atoms with van der Waals surface area (Å²) in [6.07, 6.45) is 0.880. The second kappa shape index (κ2) is 2.04. The van der Waals surface area contributed by atoms with Gasteiger partial charge in [-0.25, -0.2) is 0 Å². The van der Waals surface area contributed by atoms with E-state index in [1.54, 1.807) is 0 Å². The lowest BCUT2D eigenvalue weighted by atomic mass is 9.76. The quantitative estimate of drug-likeness (QED) is 0.597. The molecule has 3 atom stereocenters. The fourth-order valence-corrected chi connectivity index (χ4v) is 2.48. The first-order valence-electron chi connectivity index (χ1n) is 4.86. The van der Waals surface area contributed by atoms with Gasteiger partial charge in [-0.05, 0) is 20.3 Å². The van der Waals surface area contributed by atoms with Crippen LogP contribution in [0.25, 0.3) is 0 Å². The molecule has 0 saturated carbocycles. The zero-order valence-electron chi connectivity index (χ0n) is 8.24. The highest BCUT2D eigenvalue weighted by molar-refractivity contribution is 5.99. The van der Waals surface area contributed by atoms with Crippen molar-refractivity contribution in [2.45, 2.75) is 31.5 Å². The Balaban J connectivity index is 2.21. The van der Waals surface area contributed by atoms with Gasteiger partial charge in [0.15, 0.2) is 0 Å². The monoisotopic (exact) mass is 192 g/mol. The van der Waals surface area contributed by atoms with Gasteiger partial charge >= 0.3 is 0 Å². The third kappa shape index (κ3) is 0.679. The summed E-state index contributed by atoms with van der Waals surface area (Å²) < 4.78 is 0. The Morgan fingerprint density at radius 2 is 2.29 bits per heavy atom. The minimum atomic E-state index is -0.901. The van der Waals surface area contributed by atoms with Crippen LogP contribution < -0.4 is 5.32 Å². The van der Waals surface area contributed by atoms with E-state index in [2.05, 4.69) is 20.5 Å². The van der Waals surface area contributed by atoms with Gasteiger partial charge in [-0.15, -0.1) is 0 Å². The summed E-state index contributed by atoms with van der Waals surface area (Å²) in [5, 5.41) is 11.2. The van der Waals surface area contributed by atoms with Crippen LogP contribution in [0.2, 0.25) is 0 Å². The number of nitrogens with zero attached hydrogens (tertiary/aromatic N) is 3. The molecule has 1 fully saturated rings. The molecule has 1 N–H and O–H groups in total. The van der Waals surface area contributed by atoms with Gasteiger partial charge in [0.1, 0.15) is 5.54 Å². The number of carbonyl (C=O) groups is 1. The van der Waals surface area contributed by atoms with Crippen LogP contribution in [0.15, 0.2) is 15.2 Å². The van der Waals surface area contributed by atoms with Crippen LogP contribution in [0.1, 0.15) is 20.3 Å². The lowest BCUT2D eigenvalue weighted by molar-refractivity contribution is -0.124. The van der Waals surface area contributed by atoms with E-state index in [-0.39, 0.29) is 17.4 Å². The second-order valence-corrected chi connectivity index (χ2v) is 4.51. The van der Waals surface area contributed by atoms with E-state index in [9.17, 15) is 4.79 Å². The van der Waals surface area contributed by atoms with Gasteiger partial charge in [0.25, 0.3) is 11.6 Å². The molecule has 4 aliphatic rings. The largest absolute Gasteiger partial charge is 0.352 e. The maximum absolute atomic E-state index is 11.7. The molecule has 0 unspecified atom stereocenters. The molecule has 4 aliphatic heterocycles. The fourth-order valence-electron chi connectivity index (χ4n) is 2.48. The molecule has 0 aromatic heterocycles. The van der Waals surface area contributed by atoms with Gasteiger partial charge in [0, 0.05) is 18.2 Å². The van der Waals surface area contributed by atoms with Crippen molar-refractivity contribution in [1.29, 1.82) is 0 Å². The molecular formula is C9H12N4O. The molecule has 14 heavy (non-hydrogen) atoms. The maximum Gasteiger partial charge on any atom is 0.272 e. The molecular weight excluding hydrogens is 180 g/mol. The van der Waals surface area contributed by atoms with Gasteiger partial charge in [-0.2, -0.15) is 10.2 Å². The Morgan fingerprint density at radius 3 is 3.00 bits per heavy atom. The number of nitrogens with one attached hydrogen (secondary N) is 1. The molecule has 0 aromatic rings. The molecule has 1 spiro atoms. The second-order valence-electron chi connectivity index (χ2n) is 4.51. The Hall–Kier alpha value is -1.26. The third-order valence-corrected chi connectivity index (χ3v) is 3.60. The molecule has 0 aliphatic carbocycles. The van der Waals surface area contributed by atoms with E-state index in [1.807, 2.05) is 13.8 Å². The van der Waals surface area contributed by atoms with Gasteiger partial charge in [0.05, 0.1) is 0 Å². The van der Waals surface area contributed by atoms with Crippen LogP contribution in [0, 0.1) is 5.92 Å².